The number of rotatable bonds is 4. The first kappa shape index (κ1) is 19.7. The summed E-state index contributed by atoms with van der Waals surface area (Å²) in [5.41, 5.74) is 1.44. The highest BCUT2D eigenvalue weighted by Crippen LogP contribution is 2.64. The standard InChI is InChI=1S/C23H27F3N4O/c1-12(2)30-21(7-20(28-30)13-3-14(9-27-8-13)23(24,25)26)22-18-5-15(6-19(18)22)29-10-17-4-16(29)11-31-17/h3,7-9,12,15-19,22H,4-6,10-11H2,1-2H3/t15?,16-,17+,18?,19?,22?/m1/s1. The van der Waals surface area contributed by atoms with Crippen LogP contribution in [0.25, 0.3) is 11.3 Å². The van der Waals surface area contributed by atoms with Gasteiger partial charge in [0.05, 0.1) is 24.0 Å². The van der Waals surface area contributed by atoms with Crippen LogP contribution in [0.5, 0.6) is 0 Å². The molecule has 4 aliphatic rings. The second-order valence-corrected chi connectivity index (χ2v) is 9.97. The van der Waals surface area contributed by atoms with E-state index in [1.165, 1.54) is 31.2 Å². The highest BCUT2D eigenvalue weighted by atomic mass is 19.4. The number of fused-ring (bicyclic) bond motifs is 3. The first-order valence-corrected chi connectivity index (χ1v) is 11.3. The summed E-state index contributed by atoms with van der Waals surface area (Å²) in [4.78, 5) is 6.49. The Hall–Kier alpha value is -1.93. The molecule has 8 heteroatoms. The van der Waals surface area contributed by atoms with Gasteiger partial charge in [-0.05, 0) is 57.1 Å². The molecule has 2 aliphatic heterocycles. The molecule has 0 amide bonds. The summed E-state index contributed by atoms with van der Waals surface area (Å²) in [5, 5.41) is 4.70. The van der Waals surface area contributed by atoms with Crippen molar-refractivity contribution in [1.82, 2.24) is 19.7 Å². The lowest BCUT2D eigenvalue weighted by atomic mass is 10.0. The number of likely N-dealkylation sites (tertiary alicyclic amines) is 1. The Labute approximate surface area is 179 Å². The summed E-state index contributed by atoms with van der Waals surface area (Å²) in [7, 11) is 0. The average Bonchev–Trinajstić information content (AvgIpc) is 3.31. The number of nitrogens with zero attached hydrogens (tertiary/aromatic N) is 4. The molecular formula is C23H27F3N4O. The average molecular weight is 432 g/mol. The largest absolute Gasteiger partial charge is 0.417 e. The maximum Gasteiger partial charge on any atom is 0.417 e. The fourth-order valence-corrected chi connectivity index (χ4v) is 6.35. The topological polar surface area (TPSA) is 43.2 Å². The molecule has 4 atom stereocenters. The predicted molar refractivity (Wildman–Crippen MR) is 108 cm³/mol. The van der Waals surface area contributed by atoms with E-state index in [1.807, 2.05) is 10.7 Å². The maximum atomic E-state index is 13.1. The van der Waals surface area contributed by atoms with Gasteiger partial charge in [0.2, 0.25) is 0 Å². The first-order chi connectivity index (χ1) is 14.8. The summed E-state index contributed by atoms with van der Waals surface area (Å²) in [6.07, 6.45) is 1.97. The molecule has 166 valence electrons. The molecular weight excluding hydrogens is 405 g/mol. The third kappa shape index (κ3) is 3.21. The molecule has 2 saturated heterocycles. The zero-order valence-electron chi connectivity index (χ0n) is 17.7. The van der Waals surface area contributed by atoms with Gasteiger partial charge in [0.25, 0.3) is 0 Å². The number of pyridine rings is 1. The SMILES string of the molecule is CC(C)n1nc(-c2cncc(C(F)(F)F)c2)cc1C1C2CC(N3C[C@@H]4C[C@@H]3CO4)CC21. The Bertz CT molecular complexity index is 991. The molecule has 2 saturated carbocycles. The summed E-state index contributed by atoms with van der Waals surface area (Å²) >= 11 is 0. The van der Waals surface area contributed by atoms with Crippen LogP contribution < -0.4 is 0 Å². The minimum Gasteiger partial charge on any atom is -0.375 e. The zero-order chi connectivity index (χ0) is 21.5. The van der Waals surface area contributed by atoms with Gasteiger partial charge >= 0.3 is 6.18 Å². The van der Waals surface area contributed by atoms with Gasteiger partial charge in [0.1, 0.15) is 0 Å². The third-order valence-electron chi connectivity index (χ3n) is 7.79. The highest BCUT2D eigenvalue weighted by Gasteiger charge is 2.60. The molecule has 2 unspecified atom stereocenters. The zero-order valence-corrected chi connectivity index (χ0v) is 17.7. The van der Waals surface area contributed by atoms with E-state index in [0.717, 1.165) is 25.4 Å². The first-order valence-electron chi connectivity index (χ1n) is 11.3. The Morgan fingerprint density at radius 2 is 1.84 bits per heavy atom. The number of aromatic nitrogens is 3. The molecule has 0 radical (unpaired) electrons. The van der Waals surface area contributed by atoms with Crippen LogP contribution in [0.2, 0.25) is 0 Å². The van der Waals surface area contributed by atoms with Crippen molar-refractivity contribution in [3.05, 3.63) is 35.8 Å². The van der Waals surface area contributed by atoms with E-state index < -0.39 is 11.7 Å². The molecule has 4 heterocycles. The van der Waals surface area contributed by atoms with Gasteiger partial charge in [-0.1, -0.05) is 0 Å². The van der Waals surface area contributed by atoms with Crippen LogP contribution in [0.4, 0.5) is 13.2 Å². The van der Waals surface area contributed by atoms with Crippen molar-refractivity contribution in [2.75, 3.05) is 13.2 Å². The van der Waals surface area contributed by atoms with E-state index in [2.05, 4.69) is 23.7 Å². The van der Waals surface area contributed by atoms with E-state index in [9.17, 15) is 13.2 Å². The molecule has 2 aliphatic carbocycles. The fourth-order valence-electron chi connectivity index (χ4n) is 6.35. The predicted octanol–water partition coefficient (Wildman–Crippen LogP) is 4.51. The van der Waals surface area contributed by atoms with E-state index in [1.54, 1.807) is 0 Å². The minimum atomic E-state index is -4.41. The van der Waals surface area contributed by atoms with Crippen molar-refractivity contribution in [1.29, 1.82) is 0 Å². The van der Waals surface area contributed by atoms with Gasteiger partial charge in [-0.3, -0.25) is 14.6 Å². The van der Waals surface area contributed by atoms with Gasteiger partial charge in [0.15, 0.2) is 0 Å². The van der Waals surface area contributed by atoms with Crippen molar-refractivity contribution >= 4 is 0 Å². The quantitative estimate of drug-likeness (QED) is 0.713. The number of hydrogen-bond acceptors (Lipinski definition) is 4. The normalized spacial score (nSPS) is 34.6. The number of hydrogen-bond donors (Lipinski definition) is 0. The molecule has 4 fully saturated rings. The van der Waals surface area contributed by atoms with Gasteiger partial charge in [-0.15, -0.1) is 0 Å². The number of alkyl halides is 3. The smallest absolute Gasteiger partial charge is 0.375 e. The molecule has 2 bridgehead atoms. The summed E-state index contributed by atoms with van der Waals surface area (Å²) in [6, 6.07) is 4.57. The lowest BCUT2D eigenvalue weighted by molar-refractivity contribution is -0.137. The lowest BCUT2D eigenvalue weighted by Gasteiger charge is -2.33. The van der Waals surface area contributed by atoms with Crippen LogP contribution >= 0.6 is 0 Å². The summed E-state index contributed by atoms with van der Waals surface area (Å²) in [5.74, 6) is 1.79. The van der Waals surface area contributed by atoms with Crippen LogP contribution in [0.1, 0.15) is 56.3 Å². The molecule has 5 nitrogen and oxygen atoms in total. The van der Waals surface area contributed by atoms with Gasteiger partial charge < -0.3 is 4.74 Å². The van der Waals surface area contributed by atoms with Crippen LogP contribution in [-0.2, 0) is 10.9 Å². The van der Waals surface area contributed by atoms with Gasteiger partial charge in [0, 0.05) is 54.2 Å². The molecule has 0 spiro atoms. The van der Waals surface area contributed by atoms with Crippen molar-refractivity contribution in [2.45, 2.75) is 69.4 Å². The molecule has 0 N–H and O–H groups in total. The van der Waals surface area contributed by atoms with Crippen LogP contribution in [0.15, 0.2) is 24.5 Å². The van der Waals surface area contributed by atoms with Crippen LogP contribution in [0, 0.1) is 11.8 Å². The van der Waals surface area contributed by atoms with E-state index >= 15 is 0 Å². The lowest BCUT2D eigenvalue weighted by Crippen LogP contribution is -2.43. The number of halogens is 3. The van der Waals surface area contributed by atoms with E-state index in [-0.39, 0.29) is 6.04 Å². The molecule has 2 aromatic heterocycles. The second kappa shape index (κ2) is 6.78. The van der Waals surface area contributed by atoms with Crippen LogP contribution in [-0.4, -0.2) is 51.0 Å². The van der Waals surface area contributed by atoms with Crippen LogP contribution in [0.3, 0.4) is 0 Å². The van der Waals surface area contributed by atoms with Gasteiger partial charge in [-0.25, -0.2) is 0 Å². The van der Waals surface area contributed by atoms with Crippen molar-refractivity contribution in [3.63, 3.8) is 0 Å². The maximum absolute atomic E-state index is 13.1. The number of morpholine rings is 1. The summed E-state index contributed by atoms with van der Waals surface area (Å²) in [6.45, 7) is 6.11. The Morgan fingerprint density at radius 1 is 1.06 bits per heavy atom. The second-order valence-electron chi connectivity index (χ2n) is 9.97. The molecule has 31 heavy (non-hydrogen) atoms. The molecule has 0 aromatic carbocycles. The Kier molecular flexibility index (Phi) is 4.32. The Morgan fingerprint density at radius 3 is 2.45 bits per heavy atom. The molecule has 6 rings (SSSR count). The van der Waals surface area contributed by atoms with Gasteiger partial charge in [-0.2, -0.15) is 18.3 Å². The highest BCUT2D eigenvalue weighted by molar-refractivity contribution is 5.60. The monoisotopic (exact) mass is 432 g/mol. The van der Waals surface area contributed by atoms with E-state index in [0.29, 0.717) is 47.2 Å². The number of ether oxygens (including phenoxy) is 1. The van der Waals surface area contributed by atoms with E-state index in [4.69, 9.17) is 9.84 Å². The molecule has 2 aromatic rings. The van der Waals surface area contributed by atoms with Crippen molar-refractivity contribution in [2.24, 2.45) is 11.8 Å². The fraction of sp³-hybridized carbons (Fsp3) is 0.652. The van der Waals surface area contributed by atoms with Crippen molar-refractivity contribution < 1.29 is 17.9 Å². The Balaban J connectivity index is 1.23. The van der Waals surface area contributed by atoms with Crippen molar-refractivity contribution in [3.8, 4) is 11.3 Å². The minimum absolute atomic E-state index is 0.158. The summed E-state index contributed by atoms with van der Waals surface area (Å²) < 4.78 is 47.2. The third-order valence-corrected chi connectivity index (χ3v) is 7.79.